The van der Waals surface area contributed by atoms with Crippen molar-refractivity contribution in [3.8, 4) is 0 Å². The van der Waals surface area contributed by atoms with Crippen LogP contribution in [0.25, 0.3) is 0 Å². The first kappa shape index (κ1) is 13.1. The van der Waals surface area contributed by atoms with Gasteiger partial charge in [0, 0.05) is 24.3 Å². The molecule has 3 nitrogen and oxygen atoms in total. The number of fused-ring (bicyclic) bond motifs is 2. The van der Waals surface area contributed by atoms with Gasteiger partial charge < -0.3 is 10.2 Å². The summed E-state index contributed by atoms with van der Waals surface area (Å²) in [5, 5.41) is 3.59. The van der Waals surface area contributed by atoms with Crippen LogP contribution in [0.2, 0.25) is 5.02 Å². The van der Waals surface area contributed by atoms with E-state index in [2.05, 4.69) is 22.2 Å². The van der Waals surface area contributed by atoms with Gasteiger partial charge >= 0.3 is 0 Å². The van der Waals surface area contributed by atoms with Gasteiger partial charge in [0.15, 0.2) is 11.6 Å². The summed E-state index contributed by atoms with van der Waals surface area (Å²) < 4.78 is 13.8. The lowest BCUT2D eigenvalue weighted by molar-refractivity contribution is 0.0607. The molecule has 3 rings (SSSR count). The van der Waals surface area contributed by atoms with E-state index in [9.17, 15) is 4.39 Å². The van der Waals surface area contributed by atoms with Gasteiger partial charge in [0.2, 0.25) is 0 Å². The van der Waals surface area contributed by atoms with Crippen LogP contribution in [0, 0.1) is 5.82 Å². The van der Waals surface area contributed by atoms with Crippen molar-refractivity contribution in [3.63, 3.8) is 0 Å². The Morgan fingerprint density at radius 1 is 1.37 bits per heavy atom. The maximum atomic E-state index is 13.8. The molecule has 0 spiro atoms. The molecule has 2 bridgehead atoms. The van der Waals surface area contributed by atoms with E-state index >= 15 is 0 Å². The van der Waals surface area contributed by atoms with E-state index in [-0.39, 0.29) is 5.82 Å². The molecule has 2 atom stereocenters. The maximum absolute atomic E-state index is 13.8. The van der Waals surface area contributed by atoms with Crippen molar-refractivity contribution in [2.75, 3.05) is 12.4 Å². The second kappa shape index (κ2) is 5.25. The van der Waals surface area contributed by atoms with Crippen LogP contribution in [0.3, 0.4) is 0 Å². The molecule has 1 aromatic rings. The van der Waals surface area contributed by atoms with Crippen LogP contribution in [0.4, 0.5) is 10.2 Å². The van der Waals surface area contributed by atoms with Gasteiger partial charge in [-0.15, -0.1) is 0 Å². The summed E-state index contributed by atoms with van der Waals surface area (Å²) in [5.41, 5.74) is 0. The Morgan fingerprint density at radius 3 is 2.68 bits per heavy atom. The lowest BCUT2D eigenvalue weighted by Gasteiger charge is -2.47. The Hall–Kier alpha value is -0.870. The zero-order valence-corrected chi connectivity index (χ0v) is 11.8. The molecule has 2 saturated heterocycles. The topological polar surface area (TPSA) is 28.2 Å². The summed E-state index contributed by atoms with van der Waals surface area (Å²) in [6, 6.07) is 2.88. The van der Waals surface area contributed by atoms with Gasteiger partial charge in [0.1, 0.15) is 0 Å². The number of hydrogen-bond acceptors (Lipinski definition) is 3. The SMILES string of the molecule is CN1C2CCCC1CC(Nc1ncc(Cl)cc1F)C2. The first-order valence-electron chi connectivity index (χ1n) is 6.93. The average molecular weight is 284 g/mol. The molecule has 1 N–H and O–H groups in total. The van der Waals surface area contributed by atoms with Gasteiger partial charge in [-0.3, -0.25) is 0 Å². The first-order chi connectivity index (χ1) is 9.13. The summed E-state index contributed by atoms with van der Waals surface area (Å²) in [4.78, 5) is 6.55. The van der Waals surface area contributed by atoms with Crippen LogP contribution < -0.4 is 5.32 Å². The smallest absolute Gasteiger partial charge is 0.166 e. The molecule has 3 heterocycles. The monoisotopic (exact) mass is 283 g/mol. The van der Waals surface area contributed by atoms with Crippen LogP contribution in [-0.4, -0.2) is 35.1 Å². The quantitative estimate of drug-likeness (QED) is 0.903. The Morgan fingerprint density at radius 2 is 2.05 bits per heavy atom. The Bertz CT molecular complexity index is 454. The predicted octanol–water partition coefficient (Wildman–Crippen LogP) is 3.30. The number of hydrogen-bond donors (Lipinski definition) is 1. The third kappa shape index (κ3) is 2.70. The van der Waals surface area contributed by atoms with Gasteiger partial charge in [-0.2, -0.15) is 0 Å². The van der Waals surface area contributed by atoms with E-state index in [4.69, 9.17) is 11.6 Å². The van der Waals surface area contributed by atoms with E-state index < -0.39 is 0 Å². The van der Waals surface area contributed by atoms with Crippen LogP contribution >= 0.6 is 11.6 Å². The average Bonchev–Trinajstić information content (AvgIpc) is 2.34. The molecule has 104 valence electrons. The Labute approximate surface area is 118 Å². The van der Waals surface area contributed by atoms with Crippen molar-refractivity contribution in [3.05, 3.63) is 23.1 Å². The van der Waals surface area contributed by atoms with Gasteiger partial charge in [0.25, 0.3) is 0 Å². The normalized spacial score (nSPS) is 31.2. The Kier molecular flexibility index (Phi) is 3.63. The Balaban J connectivity index is 1.70. The van der Waals surface area contributed by atoms with Crippen molar-refractivity contribution < 1.29 is 4.39 Å². The van der Waals surface area contributed by atoms with Crippen LogP contribution in [0.15, 0.2) is 12.3 Å². The first-order valence-corrected chi connectivity index (χ1v) is 7.31. The minimum absolute atomic E-state index is 0.315. The minimum atomic E-state index is -0.364. The van der Waals surface area contributed by atoms with Gasteiger partial charge in [-0.25, -0.2) is 9.37 Å². The third-order valence-electron chi connectivity index (χ3n) is 4.49. The fourth-order valence-electron chi connectivity index (χ4n) is 3.45. The van der Waals surface area contributed by atoms with E-state index in [1.807, 2.05) is 0 Å². The molecular weight excluding hydrogens is 265 g/mol. The number of aromatic nitrogens is 1. The van der Waals surface area contributed by atoms with Crippen molar-refractivity contribution in [1.29, 1.82) is 0 Å². The highest BCUT2D eigenvalue weighted by molar-refractivity contribution is 6.30. The number of nitrogens with zero attached hydrogens (tertiary/aromatic N) is 2. The second-order valence-electron chi connectivity index (χ2n) is 5.70. The zero-order chi connectivity index (χ0) is 13.4. The van der Waals surface area contributed by atoms with Gasteiger partial charge in [-0.05, 0) is 38.8 Å². The van der Waals surface area contributed by atoms with Crippen molar-refractivity contribution in [1.82, 2.24) is 9.88 Å². The van der Waals surface area contributed by atoms with Crippen molar-refractivity contribution in [2.45, 2.75) is 50.2 Å². The molecule has 5 heteroatoms. The molecular formula is C14H19ClFN3. The van der Waals surface area contributed by atoms with Crippen LogP contribution in [-0.2, 0) is 0 Å². The molecule has 1 aromatic heterocycles. The highest BCUT2D eigenvalue weighted by atomic mass is 35.5. The highest BCUT2D eigenvalue weighted by Gasteiger charge is 2.36. The summed E-state index contributed by atoms with van der Waals surface area (Å²) in [6.07, 6.45) is 7.44. The number of rotatable bonds is 2. The fraction of sp³-hybridized carbons (Fsp3) is 0.643. The zero-order valence-electron chi connectivity index (χ0n) is 11.1. The van der Waals surface area contributed by atoms with E-state index in [0.29, 0.717) is 29.0 Å². The molecule has 2 unspecified atom stereocenters. The minimum Gasteiger partial charge on any atom is -0.365 e. The molecule has 0 amide bonds. The summed E-state index contributed by atoms with van der Waals surface area (Å²) in [6.45, 7) is 0. The standard InChI is InChI=1S/C14H19ClFN3/c1-19-11-3-2-4-12(19)7-10(6-11)18-14-13(16)5-9(15)8-17-14/h5,8,10-12H,2-4,6-7H2,1H3,(H,17,18). The molecule has 2 aliphatic rings. The second-order valence-corrected chi connectivity index (χ2v) is 6.14. The molecule has 2 fully saturated rings. The molecule has 0 radical (unpaired) electrons. The highest BCUT2D eigenvalue weighted by Crippen LogP contribution is 2.34. The number of halogens is 2. The number of anilines is 1. The number of piperidine rings is 2. The lowest BCUT2D eigenvalue weighted by atomic mass is 9.82. The molecule has 19 heavy (non-hydrogen) atoms. The van der Waals surface area contributed by atoms with Gasteiger partial charge in [-0.1, -0.05) is 18.0 Å². The molecule has 0 aliphatic carbocycles. The fourth-order valence-corrected chi connectivity index (χ4v) is 3.59. The third-order valence-corrected chi connectivity index (χ3v) is 4.70. The number of nitrogens with one attached hydrogen (secondary N) is 1. The van der Waals surface area contributed by atoms with E-state index in [1.54, 1.807) is 0 Å². The predicted molar refractivity (Wildman–Crippen MR) is 75.0 cm³/mol. The molecule has 0 saturated carbocycles. The summed E-state index contributed by atoms with van der Waals surface area (Å²) in [5.74, 6) is -0.0337. The molecule has 2 aliphatic heterocycles. The summed E-state index contributed by atoms with van der Waals surface area (Å²) >= 11 is 5.72. The van der Waals surface area contributed by atoms with Crippen LogP contribution in [0.1, 0.15) is 32.1 Å². The maximum Gasteiger partial charge on any atom is 0.166 e. The summed E-state index contributed by atoms with van der Waals surface area (Å²) in [7, 11) is 2.21. The number of pyridine rings is 1. The van der Waals surface area contributed by atoms with Crippen molar-refractivity contribution in [2.24, 2.45) is 0 Å². The van der Waals surface area contributed by atoms with Gasteiger partial charge in [0.05, 0.1) is 5.02 Å². The lowest BCUT2D eigenvalue weighted by Crippen LogP contribution is -2.52. The van der Waals surface area contributed by atoms with Crippen molar-refractivity contribution >= 4 is 17.4 Å². The molecule has 0 aromatic carbocycles. The van der Waals surface area contributed by atoms with Crippen LogP contribution in [0.5, 0.6) is 0 Å². The van der Waals surface area contributed by atoms with E-state index in [0.717, 1.165) is 12.8 Å². The van der Waals surface area contributed by atoms with E-state index in [1.165, 1.54) is 31.5 Å². The largest absolute Gasteiger partial charge is 0.365 e.